The summed E-state index contributed by atoms with van der Waals surface area (Å²) in [4.78, 5) is 17.7. The van der Waals surface area contributed by atoms with Crippen LogP contribution in [0.5, 0.6) is 0 Å². The van der Waals surface area contributed by atoms with Crippen molar-refractivity contribution in [1.29, 1.82) is 0 Å². The van der Waals surface area contributed by atoms with Gasteiger partial charge in [-0.1, -0.05) is 30.3 Å². The van der Waals surface area contributed by atoms with Gasteiger partial charge in [-0.25, -0.2) is 4.98 Å². The van der Waals surface area contributed by atoms with E-state index in [2.05, 4.69) is 59.7 Å². The molecule has 0 unspecified atom stereocenters. The van der Waals surface area contributed by atoms with Crippen LogP contribution in [0.3, 0.4) is 0 Å². The molecule has 6 heterocycles. The Balaban J connectivity index is 1.20. The summed E-state index contributed by atoms with van der Waals surface area (Å²) in [5, 5.41) is 12.7. The highest BCUT2D eigenvalue weighted by molar-refractivity contribution is 7.14. The lowest BCUT2D eigenvalue weighted by Gasteiger charge is -2.07. The second-order valence-electron chi connectivity index (χ2n) is 9.30. The van der Waals surface area contributed by atoms with E-state index in [-0.39, 0.29) is 5.13 Å². The van der Waals surface area contributed by atoms with Crippen molar-refractivity contribution in [3.8, 4) is 33.0 Å². The summed E-state index contributed by atoms with van der Waals surface area (Å²) in [6.07, 6.45) is 9.10. The molecule has 6 aromatic heterocycles. The molecule has 0 fully saturated rings. The molecule has 9 heteroatoms. The Morgan fingerprint density at radius 1 is 0.795 bits per heavy atom. The van der Waals surface area contributed by atoms with Crippen LogP contribution in [-0.4, -0.2) is 30.1 Å². The Labute approximate surface area is 226 Å². The zero-order valence-electron chi connectivity index (χ0n) is 20.6. The monoisotopic (exact) mass is 531 g/mol. The SMILES string of the molecule is Fc1ccc(-c2cncc3[nH]c(-c4[nH]nc5ncc(-c6cncc(CNCc7ccccc7)c6)cc45)cc23)s1. The van der Waals surface area contributed by atoms with Gasteiger partial charge in [-0.3, -0.25) is 15.1 Å². The van der Waals surface area contributed by atoms with Gasteiger partial charge in [-0.15, -0.1) is 11.3 Å². The van der Waals surface area contributed by atoms with Gasteiger partial charge in [-0.2, -0.15) is 9.49 Å². The minimum atomic E-state index is -0.221. The first-order chi connectivity index (χ1) is 19.2. The van der Waals surface area contributed by atoms with Crippen LogP contribution in [0, 0.1) is 5.13 Å². The highest BCUT2D eigenvalue weighted by Gasteiger charge is 2.16. The van der Waals surface area contributed by atoms with E-state index in [9.17, 15) is 4.39 Å². The van der Waals surface area contributed by atoms with Gasteiger partial charge in [0.15, 0.2) is 10.8 Å². The summed E-state index contributed by atoms with van der Waals surface area (Å²) < 4.78 is 13.7. The molecule has 0 aliphatic rings. The first-order valence-electron chi connectivity index (χ1n) is 12.5. The Morgan fingerprint density at radius 3 is 2.51 bits per heavy atom. The van der Waals surface area contributed by atoms with E-state index in [4.69, 9.17) is 0 Å². The van der Waals surface area contributed by atoms with Gasteiger partial charge in [0, 0.05) is 70.2 Å². The summed E-state index contributed by atoms with van der Waals surface area (Å²) in [7, 11) is 0. The third-order valence-corrected chi connectivity index (χ3v) is 7.60. The number of halogens is 1. The zero-order chi connectivity index (χ0) is 26.2. The number of hydrogen-bond acceptors (Lipinski definition) is 6. The normalized spacial score (nSPS) is 11.5. The second kappa shape index (κ2) is 9.86. The fourth-order valence-electron chi connectivity index (χ4n) is 4.79. The average molecular weight is 532 g/mol. The molecule has 3 N–H and O–H groups in total. The predicted molar refractivity (Wildman–Crippen MR) is 152 cm³/mol. The van der Waals surface area contributed by atoms with E-state index in [0.717, 1.165) is 72.7 Å². The lowest BCUT2D eigenvalue weighted by atomic mass is 10.1. The fraction of sp³-hybridized carbons (Fsp3) is 0.0667. The summed E-state index contributed by atoms with van der Waals surface area (Å²) in [6, 6.07) is 19.8. The number of aromatic nitrogens is 6. The number of H-pyrrole nitrogens is 2. The van der Waals surface area contributed by atoms with Gasteiger partial charge < -0.3 is 10.3 Å². The number of nitrogens with zero attached hydrogens (tertiary/aromatic N) is 4. The van der Waals surface area contributed by atoms with Crippen LogP contribution in [0.4, 0.5) is 4.39 Å². The van der Waals surface area contributed by atoms with Crippen molar-refractivity contribution < 1.29 is 4.39 Å². The molecular formula is C30H22FN7S. The second-order valence-corrected chi connectivity index (χ2v) is 10.3. The van der Waals surface area contributed by atoms with Crippen molar-refractivity contribution in [3.63, 3.8) is 0 Å². The van der Waals surface area contributed by atoms with E-state index in [1.54, 1.807) is 18.5 Å². The topological polar surface area (TPSA) is 95.2 Å². The van der Waals surface area contributed by atoms with E-state index in [1.165, 1.54) is 11.6 Å². The van der Waals surface area contributed by atoms with Crippen LogP contribution in [-0.2, 0) is 13.1 Å². The minimum absolute atomic E-state index is 0.221. The van der Waals surface area contributed by atoms with Gasteiger partial charge in [0.1, 0.15) is 0 Å². The molecule has 1 aromatic carbocycles. The quantitative estimate of drug-likeness (QED) is 0.212. The first-order valence-corrected chi connectivity index (χ1v) is 13.3. The number of hydrogen-bond donors (Lipinski definition) is 3. The molecule has 0 aliphatic heterocycles. The number of thiophene rings is 1. The summed E-state index contributed by atoms with van der Waals surface area (Å²) in [5.74, 6) is 0. The van der Waals surface area contributed by atoms with Gasteiger partial charge in [-0.05, 0) is 41.5 Å². The molecule has 0 atom stereocenters. The van der Waals surface area contributed by atoms with Gasteiger partial charge in [0.05, 0.1) is 23.1 Å². The summed E-state index contributed by atoms with van der Waals surface area (Å²) in [5.41, 5.74) is 8.33. The van der Waals surface area contributed by atoms with Crippen molar-refractivity contribution in [2.75, 3.05) is 0 Å². The van der Waals surface area contributed by atoms with Crippen LogP contribution in [0.2, 0.25) is 0 Å². The smallest absolute Gasteiger partial charge is 0.181 e. The fourth-order valence-corrected chi connectivity index (χ4v) is 5.55. The molecule has 190 valence electrons. The molecule has 0 saturated carbocycles. The van der Waals surface area contributed by atoms with Crippen LogP contribution >= 0.6 is 11.3 Å². The maximum absolute atomic E-state index is 13.7. The van der Waals surface area contributed by atoms with Crippen molar-refractivity contribution in [3.05, 3.63) is 108 Å². The maximum Gasteiger partial charge on any atom is 0.181 e. The maximum atomic E-state index is 13.7. The number of rotatable bonds is 7. The lowest BCUT2D eigenvalue weighted by Crippen LogP contribution is -2.12. The first kappa shape index (κ1) is 23.4. The highest BCUT2D eigenvalue weighted by atomic mass is 32.1. The molecular weight excluding hydrogens is 509 g/mol. The number of aromatic amines is 2. The molecule has 0 radical (unpaired) electrons. The van der Waals surface area contributed by atoms with Crippen LogP contribution in [0.1, 0.15) is 11.1 Å². The Morgan fingerprint density at radius 2 is 1.64 bits per heavy atom. The van der Waals surface area contributed by atoms with Gasteiger partial charge >= 0.3 is 0 Å². The molecule has 7 aromatic rings. The predicted octanol–water partition coefficient (Wildman–Crippen LogP) is 6.72. The Bertz CT molecular complexity index is 1920. The molecule has 7 nitrogen and oxygen atoms in total. The van der Waals surface area contributed by atoms with E-state index in [0.29, 0.717) is 12.2 Å². The van der Waals surface area contributed by atoms with Crippen LogP contribution < -0.4 is 5.32 Å². The zero-order valence-corrected chi connectivity index (χ0v) is 21.5. The Kier molecular flexibility index (Phi) is 5.92. The van der Waals surface area contributed by atoms with E-state index in [1.807, 2.05) is 42.9 Å². The van der Waals surface area contributed by atoms with E-state index < -0.39 is 0 Å². The standard InChI is InChI=1S/C30H22FN7S/c31-28-7-6-27(39-28)24-16-34-17-26-22(24)10-25(36-26)29-23-9-21(15-35-30(23)38-37-29)20-8-19(13-33-14-20)12-32-11-18-4-2-1-3-5-18/h1-10,13-17,32,36H,11-12H2,(H,35,37,38). The average Bonchev–Trinajstić information content (AvgIpc) is 3.71. The van der Waals surface area contributed by atoms with Crippen molar-refractivity contribution >= 4 is 33.3 Å². The summed E-state index contributed by atoms with van der Waals surface area (Å²) in [6.45, 7) is 1.50. The van der Waals surface area contributed by atoms with Gasteiger partial charge in [0.2, 0.25) is 0 Å². The molecule has 0 bridgehead atoms. The molecule has 0 aliphatic carbocycles. The highest BCUT2D eigenvalue weighted by Crippen LogP contribution is 2.36. The van der Waals surface area contributed by atoms with Gasteiger partial charge in [0.25, 0.3) is 0 Å². The minimum Gasteiger partial charge on any atom is -0.352 e. The largest absolute Gasteiger partial charge is 0.352 e. The molecule has 0 spiro atoms. The molecule has 0 amide bonds. The third-order valence-electron chi connectivity index (χ3n) is 6.69. The summed E-state index contributed by atoms with van der Waals surface area (Å²) >= 11 is 1.11. The van der Waals surface area contributed by atoms with Crippen molar-refractivity contribution in [2.45, 2.75) is 13.1 Å². The number of pyridine rings is 3. The van der Waals surface area contributed by atoms with E-state index >= 15 is 0 Å². The molecule has 7 rings (SSSR count). The van der Waals surface area contributed by atoms with Crippen molar-refractivity contribution in [2.24, 2.45) is 0 Å². The number of fused-ring (bicyclic) bond motifs is 2. The molecule has 39 heavy (non-hydrogen) atoms. The van der Waals surface area contributed by atoms with Crippen LogP contribution in [0.15, 0.2) is 91.6 Å². The van der Waals surface area contributed by atoms with Crippen molar-refractivity contribution in [1.82, 2.24) is 35.5 Å². The Hall–Kier alpha value is -4.73. The lowest BCUT2D eigenvalue weighted by molar-refractivity contribution is 0.657. The van der Waals surface area contributed by atoms with Crippen LogP contribution in [0.25, 0.3) is 54.9 Å². The number of benzene rings is 1. The molecule has 0 saturated heterocycles. The number of nitrogens with one attached hydrogen (secondary N) is 3. The third kappa shape index (κ3) is 4.58.